The van der Waals surface area contributed by atoms with Crippen molar-refractivity contribution in [2.24, 2.45) is 0 Å². The lowest BCUT2D eigenvalue weighted by atomic mass is 10.2. The van der Waals surface area contributed by atoms with Gasteiger partial charge in [0, 0.05) is 35.9 Å². The molecule has 3 aromatic heterocycles. The molecule has 0 saturated carbocycles. The van der Waals surface area contributed by atoms with Gasteiger partial charge in [-0.05, 0) is 55.8 Å². The van der Waals surface area contributed by atoms with E-state index in [-0.39, 0.29) is 5.91 Å². The fraction of sp³-hybridized carbons (Fsp3) is 0.150. The van der Waals surface area contributed by atoms with Gasteiger partial charge < -0.3 is 5.32 Å². The Morgan fingerprint density at radius 1 is 1.15 bits per heavy atom. The molecule has 4 aromatic rings. The zero-order valence-corrected chi connectivity index (χ0v) is 15.4. The fourth-order valence-electron chi connectivity index (χ4n) is 2.91. The highest BCUT2D eigenvalue weighted by Crippen LogP contribution is 2.28. The molecular weight excluding hydrogens is 344 g/mol. The van der Waals surface area contributed by atoms with Crippen molar-refractivity contribution in [3.8, 4) is 5.13 Å². The second kappa shape index (κ2) is 6.72. The average Bonchev–Trinajstić information content (AvgIpc) is 3.22. The summed E-state index contributed by atoms with van der Waals surface area (Å²) in [6.45, 7) is 4.59. The third-order valence-electron chi connectivity index (χ3n) is 4.28. The Balaban J connectivity index is 1.58. The minimum absolute atomic E-state index is 0.0981. The van der Waals surface area contributed by atoms with E-state index in [4.69, 9.17) is 4.98 Å². The highest BCUT2D eigenvalue weighted by molar-refractivity contribution is 7.20. The van der Waals surface area contributed by atoms with E-state index in [1.54, 1.807) is 23.7 Å². The Kier molecular flexibility index (Phi) is 4.26. The summed E-state index contributed by atoms with van der Waals surface area (Å²) in [5.41, 5.74) is 4.81. The van der Waals surface area contributed by atoms with Crippen LogP contribution in [0.4, 0.5) is 0 Å². The molecule has 0 aliphatic heterocycles. The highest BCUT2D eigenvalue weighted by Gasteiger charge is 2.12. The minimum Gasteiger partial charge on any atom is -0.348 e. The number of carbonyl (C=O) groups is 1. The molecular formula is C20H18N4OS. The summed E-state index contributed by atoms with van der Waals surface area (Å²) in [6, 6.07) is 13.6. The summed E-state index contributed by atoms with van der Waals surface area (Å²) in [5, 5.41) is 3.86. The summed E-state index contributed by atoms with van der Waals surface area (Å²) in [6.07, 6.45) is 3.47. The van der Waals surface area contributed by atoms with Crippen LogP contribution in [-0.2, 0) is 6.54 Å². The molecule has 0 fully saturated rings. The monoisotopic (exact) mass is 362 g/mol. The fourth-order valence-corrected chi connectivity index (χ4v) is 4.03. The highest BCUT2D eigenvalue weighted by atomic mass is 32.1. The Bertz CT molecular complexity index is 1060. The van der Waals surface area contributed by atoms with E-state index in [9.17, 15) is 4.79 Å². The van der Waals surface area contributed by atoms with E-state index in [0.29, 0.717) is 12.1 Å². The first-order valence-corrected chi connectivity index (χ1v) is 9.16. The van der Waals surface area contributed by atoms with Crippen molar-refractivity contribution in [3.63, 3.8) is 0 Å². The van der Waals surface area contributed by atoms with Gasteiger partial charge in [0.05, 0.1) is 10.2 Å². The van der Waals surface area contributed by atoms with Crippen LogP contribution >= 0.6 is 11.3 Å². The quantitative estimate of drug-likeness (QED) is 0.596. The predicted octanol–water partition coefficient (Wildman–Crippen LogP) is 4.03. The second-order valence-corrected chi connectivity index (χ2v) is 7.18. The van der Waals surface area contributed by atoms with Gasteiger partial charge in [0.15, 0.2) is 5.13 Å². The van der Waals surface area contributed by atoms with Crippen LogP contribution in [0.15, 0.2) is 54.9 Å². The number of fused-ring (bicyclic) bond motifs is 1. The molecule has 0 bridgehead atoms. The molecule has 26 heavy (non-hydrogen) atoms. The van der Waals surface area contributed by atoms with Crippen LogP contribution in [0.25, 0.3) is 15.3 Å². The van der Waals surface area contributed by atoms with Crippen molar-refractivity contribution >= 4 is 27.5 Å². The Labute approximate surface area is 155 Å². The van der Waals surface area contributed by atoms with Gasteiger partial charge in [-0.25, -0.2) is 4.98 Å². The summed E-state index contributed by atoms with van der Waals surface area (Å²) in [7, 11) is 0. The minimum atomic E-state index is -0.0981. The summed E-state index contributed by atoms with van der Waals surface area (Å²) in [4.78, 5) is 21.2. The lowest BCUT2D eigenvalue weighted by Crippen LogP contribution is -2.22. The Morgan fingerprint density at radius 2 is 1.96 bits per heavy atom. The van der Waals surface area contributed by atoms with Crippen molar-refractivity contribution in [1.29, 1.82) is 0 Å². The molecule has 0 radical (unpaired) electrons. The number of hydrogen-bond donors (Lipinski definition) is 1. The van der Waals surface area contributed by atoms with Gasteiger partial charge in [-0.1, -0.05) is 17.4 Å². The Morgan fingerprint density at radius 3 is 2.69 bits per heavy atom. The number of amides is 1. The maximum absolute atomic E-state index is 12.5. The maximum Gasteiger partial charge on any atom is 0.251 e. The standard InChI is InChI=1S/C20H18N4OS/c1-13-5-6-14(2)24(13)20-23-17-8-7-16(10-18(17)26-20)19(25)22-12-15-4-3-9-21-11-15/h3-11H,12H2,1-2H3,(H,22,25). The van der Waals surface area contributed by atoms with Crippen molar-refractivity contribution in [1.82, 2.24) is 19.9 Å². The number of aryl methyl sites for hydroxylation is 2. The summed E-state index contributed by atoms with van der Waals surface area (Å²) < 4.78 is 3.13. The molecule has 3 heterocycles. The number of benzene rings is 1. The molecule has 1 N–H and O–H groups in total. The number of thiazole rings is 1. The molecule has 6 heteroatoms. The number of pyridine rings is 1. The molecule has 0 spiro atoms. The van der Waals surface area contributed by atoms with Gasteiger partial charge in [0.1, 0.15) is 0 Å². The SMILES string of the molecule is Cc1ccc(C)n1-c1nc2ccc(C(=O)NCc3cccnc3)cc2s1. The Hall–Kier alpha value is -2.99. The van der Waals surface area contributed by atoms with Gasteiger partial charge in [0.25, 0.3) is 5.91 Å². The van der Waals surface area contributed by atoms with Crippen LogP contribution < -0.4 is 5.32 Å². The first-order chi connectivity index (χ1) is 12.6. The van der Waals surface area contributed by atoms with Gasteiger partial charge in [-0.3, -0.25) is 14.3 Å². The van der Waals surface area contributed by atoms with Gasteiger partial charge in [0.2, 0.25) is 0 Å². The van der Waals surface area contributed by atoms with Crippen LogP contribution in [-0.4, -0.2) is 20.4 Å². The number of hydrogen-bond acceptors (Lipinski definition) is 4. The largest absolute Gasteiger partial charge is 0.348 e. The number of nitrogens with zero attached hydrogens (tertiary/aromatic N) is 3. The van der Waals surface area contributed by atoms with Crippen LogP contribution in [0.3, 0.4) is 0 Å². The van der Waals surface area contributed by atoms with Gasteiger partial charge >= 0.3 is 0 Å². The van der Waals surface area contributed by atoms with Crippen molar-refractivity contribution < 1.29 is 4.79 Å². The topological polar surface area (TPSA) is 59.8 Å². The van der Waals surface area contributed by atoms with Gasteiger partial charge in [-0.2, -0.15) is 0 Å². The van der Waals surface area contributed by atoms with Crippen LogP contribution in [0, 0.1) is 13.8 Å². The second-order valence-electron chi connectivity index (χ2n) is 6.17. The smallest absolute Gasteiger partial charge is 0.251 e. The molecule has 0 unspecified atom stereocenters. The molecule has 1 amide bonds. The molecule has 0 aliphatic rings. The van der Waals surface area contributed by atoms with E-state index >= 15 is 0 Å². The summed E-state index contributed by atoms with van der Waals surface area (Å²) >= 11 is 1.59. The van der Waals surface area contributed by atoms with Crippen LogP contribution in [0.5, 0.6) is 0 Å². The zero-order chi connectivity index (χ0) is 18.1. The predicted molar refractivity (Wildman–Crippen MR) is 104 cm³/mol. The summed E-state index contributed by atoms with van der Waals surface area (Å²) in [5.74, 6) is -0.0981. The molecule has 1 aromatic carbocycles. The van der Waals surface area contributed by atoms with Crippen LogP contribution in [0.2, 0.25) is 0 Å². The lowest BCUT2D eigenvalue weighted by molar-refractivity contribution is 0.0951. The molecule has 0 saturated heterocycles. The first-order valence-electron chi connectivity index (χ1n) is 8.35. The van der Waals surface area contributed by atoms with Gasteiger partial charge in [-0.15, -0.1) is 0 Å². The maximum atomic E-state index is 12.5. The van der Waals surface area contributed by atoms with E-state index in [1.165, 1.54) is 0 Å². The number of rotatable bonds is 4. The normalized spacial score (nSPS) is 11.0. The molecule has 5 nitrogen and oxygen atoms in total. The van der Waals surface area contributed by atoms with Crippen molar-refractivity contribution in [3.05, 3.63) is 77.4 Å². The van der Waals surface area contributed by atoms with E-state index in [2.05, 4.69) is 40.8 Å². The number of nitrogens with one attached hydrogen (secondary N) is 1. The van der Waals surface area contributed by atoms with E-state index < -0.39 is 0 Å². The third kappa shape index (κ3) is 3.11. The number of aromatic nitrogens is 3. The van der Waals surface area contributed by atoms with E-state index in [0.717, 1.165) is 32.3 Å². The molecule has 0 aliphatic carbocycles. The molecule has 130 valence electrons. The zero-order valence-electron chi connectivity index (χ0n) is 14.6. The van der Waals surface area contributed by atoms with Crippen LogP contribution in [0.1, 0.15) is 27.3 Å². The van der Waals surface area contributed by atoms with Crippen molar-refractivity contribution in [2.45, 2.75) is 20.4 Å². The molecule has 0 atom stereocenters. The van der Waals surface area contributed by atoms with E-state index in [1.807, 2.05) is 30.3 Å². The number of carbonyl (C=O) groups excluding carboxylic acids is 1. The van der Waals surface area contributed by atoms with Crippen molar-refractivity contribution in [2.75, 3.05) is 0 Å². The third-order valence-corrected chi connectivity index (χ3v) is 5.28. The average molecular weight is 362 g/mol. The molecule has 4 rings (SSSR count). The lowest BCUT2D eigenvalue weighted by Gasteiger charge is -2.04. The first kappa shape index (κ1) is 16.5.